The summed E-state index contributed by atoms with van der Waals surface area (Å²) in [6.07, 6.45) is 15.1. The summed E-state index contributed by atoms with van der Waals surface area (Å²) in [7, 11) is 2.08. The summed E-state index contributed by atoms with van der Waals surface area (Å²) in [6, 6.07) is 0.323. The average Bonchev–Trinajstić information content (AvgIpc) is 3.00. The van der Waals surface area contributed by atoms with Gasteiger partial charge in [-0.15, -0.1) is 0 Å². The van der Waals surface area contributed by atoms with E-state index in [1.807, 2.05) is 12.4 Å². The second-order valence-corrected chi connectivity index (χ2v) is 7.33. The molecule has 0 unspecified atom stereocenters. The van der Waals surface area contributed by atoms with Gasteiger partial charge >= 0.3 is 0 Å². The van der Waals surface area contributed by atoms with Gasteiger partial charge in [0.1, 0.15) is 5.82 Å². The minimum atomic E-state index is 0.323. The summed E-state index contributed by atoms with van der Waals surface area (Å²) < 4.78 is 2.13. The lowest BCUT2D eigenvalue weighted by Crippen LogP contribution is -2.57. The van der Waals surface area contributed by atoms with Crippen LogP contribution in [0.5, 0.6) is 0 Å². The van der Waals surface area contributed by atoms with Gasteiger partial charge in [-0.25, -0.2) is 4.98 Å². The minimum Gasteiger partial charge on any atom is -0.337 e. The quantitative estimate of drug-likeness (QED) is 0.906. The third-order valence-electron chi connectivity index (χ3n) is 5.79. The number of hydrogen-bond donors (Lipinski definition) is 1. The molecule has 22 heavy (non-hydrogen) atoms. The highest BCUT2D eigenvalue weighted by atomic mass is 15.2. The summed E-state index contributed by atoms with van der Waals surface area (Å²) in [5.74, 6) is 1.14. The Labute approximate surface area is 135 Å². The molecule has 2 fully saturated rings. The van der Waals surface area contributed by atoms with Crippen LogP contribution >= 0.6 is 0 Å². The van der Waals surface area contributed by atoms with Crippen LogP contribution in [0.25, 0.3) is 0 Å². The van der Waals surface area contributed by atoms with Gasteiger partial charge in [0.15, 0.2) is 0 Å². The highest BCUT2D eigenvalue weighted by molar-refractivity contribution is 5.01. The number of nitrogens with one attached hydrogen (secondary N) is 1. The van der Waals surface area contributed by atoms with Crippen molar-refractivity contribution in [2.24, 2.45) is 7.05 Å². The predicted octanol–water partition coefficient (Wildman–Crippen LogP) is 3.26. The van der Waals surface area contributed by atoms with Gasteiger partial charge in [-0.05, 0) is 45.7 Å². The first kappa shape index (κ1) is 16.0. The molecule has 2 aliphatic rings. The van der Waals surface area contributed by atoms with E-state index >= 15 is 0 Å². The van der Waals surface area contributed by atoms with E-state index in [4.69, 9.17) is 0 Å². The van der Waals surface area contributed by atoms with E-state index in [9.17, 15) is 0 Å². The molecule has 0 aromatic carbocycles. The average molecular weight is 304 g/mol. The lowest BCUT2D eigenvalue weighted by molar-refractivity contribution is 0.0315. The largest absolute Gasteiger partial charge is 0.337 e. The van der Waals surface area contributed by atoms with Gasteiger partial charge in [-0.1, -0.05) is 25.7 Å². The van der Waals surface area contributed by atoms with Gasteiger partial charge in [0.05, 0.1) is 6.04 Å². The Hall–Kier alpha value is -0.870. The molecule has 2 heterocycles. The van der Waals surface area contributed by atoms with Crippen molar-refractivity contribution in [3.8, 4) is 0 Å². The molecule has 1 aromatic rings. The fourth-order valence-electron chi connectivity index (χ4n) is 4.41. The van der Waals surface area contributed by atoms with Crippen LogP contribution in [-0.2, 0) is 7.05 Å². The molecule has 0 radical (unpaired) electrons. The topological polar surface area (TPSA) is 33.1 Å². The molecule has 3 rings (SSSR count). The van der Waals surface area contributed by atoms with Gasteiger partial charge in [-0.2, -0.15) is 0 Å². The summed E-state index contributed by atoms with van der Waals surface area (Å²) in [6.45, 7) is 5.97. The van der Waals surface area contributed by atoms with E-state index in [0.29, 0.717) is 11.6 Å². The zero-order valence-electron chi connectivity index (χ0n) is 14.4. The first-order valence-corrected chi connectivity index (χ1v) is 9.17. The van der Waals surface area contributed by atoms with Gasteiger partial charge in [0, 0.05) is 31.5 Å². The third-order valence-corrected chi connectivity index (χ3v) is 5.79. The lowest BCUT2D eigenvalue weighted by atomic mass is 9.79. The molecule has 0 spiro atoms. The zero-order valence-corrected chi connectivity index (χ0v) is 14.4. The Morgan fingerprint density at radius 1 is 1.14 bits per heavy atom. The Morgan fingerprint density at radius 2 is 1.82 bits per heavy atom. The molecule has 1 aliphatic carbocycles. The normalized spacial score (nSPS) is 24.3. The van der Waals surface area contributed by atoms with Crippen LogP contribution in [0.1, 0.15) is 70.2 Å². The Bertz CT molecular complexity index is 455. The van der Waals surface area contributed by atoms with Crippen LogP contribution in [0.15, 0.2) is 12.4 Å². The molecule has 1 aliphatic heterocycles. The van der Waals surface area contributed by atoms with Crippen molar-refractivity contribution in [1.82, 2.24) is 19.8 Å². The molecule has 0 bridgehead atoms. The Balaban J connectivity index is 1.66. The van der Waals surface area contributed by atoms with Gasteiger partial charge < -0.3 is 9.88 Å². The van der Waals surface area contributed by atoms with E-state index in [-0.39, 0.29) is 0 Å². The molecule has 1 N–H and O–H groups in total. The summed E-state index contributed by atoms with van der Waals surface area (Å²) in [5.41, 5.74) is 0.401. The van der Waals surface area contributed by atoms with Gasteiger partial charge in [-0.3, -0.25) is 4.90 Å². The van der Waals surface area contributed by atoms with E-state index in [0.717, 1.165) is 12.4 Å². The molecular formula is C18H32N4. The van der Waals surface area contributed by atoms with Crippen molar-refractivity contribution in [2.75, 3.05) is 19.6 Å². The van der Waals surface area contributed by atoms with Crippen molar-refractivity contribution in [2.45, 2.75) is 69.9 Å². The van der Waals surface area contributed by atoms with E-state index in [2.05, 4.69) is 33.7 Å². The highest BCUT2D eigenvalue weighted by Crippen LogP contribution is 2.35. The standard InChI is InChI=1S/C18H32N4/c1-16(17-19-11-14-21(17)2)20-15-18(9-5-3-6-10-18)22-12-7-4-8-13-22/h11,14,16,20H,3-10,12-13,15H2,1-2H3/t16-/m1/s1. The fraction of sp³-hybridized carbons (Fsp3) is 0.833. The Kier molecular flexibility index (Phi) is 5.19. The maximum Gasteiger partial charge on any atom is 0.125 e. The highest BCUT2D eigenvalue weighted by Gasteiger charge is 2.38. The first-order valence-electron chi connectivity index (χ1n) is 9.17. The molecule has 124 valence electrons. The maximum absolute atomic E-state index is 4.50. The maximum atomic E-state index is 4.50. The van der Waals surface area contributed by atoms with Crippen LogP contribution < -0.4 is 5.32 Å². The monoisotopic (exact) mass is 304 g/mol. The summed E-state index contributed by atoms with van der Waals surface area (Å²) in [5, 5.41) is 3.81. The lowest BCUT2D eigenvalue weighted by Gasteiger charge is -2.49. The van der Waals surface area contributed by atoms with Crippen molar-refractivity contribution in [3.05, 3.63) is 18.2 Å². The van der Waals surface area contributed by atoms with Crippen LogP contribution in [0.4, 0.5) is 0 Å². The minimum absolute atomic E-state index is 0.323. The molecule has 1 saturated heterocycles. The van der Waals surface area contributed by atoms with Crippen LogP contribution in [0.3, 0.4) is 0 Å². The second-order valence-electron chi connectivity index (χ2n) is 7.33. The van der Waals surface area contributed by atoms with Crippen molar-refractivity contribution < 1.29 is 0 Å². The number of rotatable bonds is 5. The third kappa shape index (κ3) is 3.38. The number of imidazole rings is 1. The number of hydrogen-bond acceptors (Lipinski definition) is 3. The SMILES string of the molecule is C[C@@H](NCC1(N2CCCCC2)CCCCC1)c1nccn1C. The van der Waals surface area contributed by atoms with Crippen molar-refractivity contribution in [3.63, 3.8) is 0 Å². The molecule has 4 nitrogen and oxygen atoms in total. The smallest absolute Gasteiger partial charge is 0.125 e. The predicted molar refractivity (Wildman–Crippen MR) is 90.9 cm³/mol. The van der Waals surface area contributed by atoms with Crippen LogP contribution in [0.2, 0.25) is 0 Å². The molecular weight excluding hydrogens is 272 g/mol. The van der Waals surface area contributed by atoms with Gasteiger partial charge in [0.25, 0.3) is 0 Å². The van der Waals surface area contributed by atoms with Crippen LogP contribution in [-0.4, -0.2) is 39.6 Å². The van der Waals surface area contributed by atoms with Crippen LogP contribution in [0, 0.1) is 0 Å². The molecule has 1 saturated carbocycles. The molecule has 1 atom stereocenters. The fourth-order valence-corrected chi connectivity index (χ4v) is 4.41. The molecule has 4 heteroatoms. The zero-order chi connectivity index (χ0) is 15.4. The number of piperidine rings is 1. The number of aryl methyl sites for hydroxylation is 1. The first-order chi connectivity index (χ1) is 10.7. The summed E-state index contributed by atoms with van der Waals surface area (Å²) in [4.78, 5) is 7.31. The van der Waals surface area contributed by atoms with E-state index in [1.54, 1.807) is 0 Å². The number of aromatic nitrogens is 2. The van der Waals surface area contributed by atoms with E-state index < -0.39 is 0 Å². The van der Waals surface area contributed by atoms with Crippen molar-refractivity contribution in [1.29, 1.82) is 0 Å². The second kappa shape index (κ2) is 7.14. The molecule has 0 amide bonds. The molecule has 1 aromatic heterocycles. The number of nitrogens with zero attached hydrogens (tertiary/aromatic N) is 3. The van der Waals surface area contributed by atoms with Gasteiger partial charge in [0.2, 0.25) is 0 Å². The summed E-state index contributed by atoms with van der Waals surface area (Å²) >= 11 is 0. The van der Waals surface area contributed by atoms with E-state index in [1.165, 1.54) is 64.5 Å². The van der Waals surface area contributed by atoms with Crippen molar-refractivity contribution >= 4 is 0 Å². The Morgan fingerprint density at radius 3 is 2.45 bits per heavy atom. The number of likely N-dealkylation sites (tertiary alicyclic amines) is 1.